The number of aromatic nitrogens is 3. The van der Waals surface area contributed by atoms with E-state index in [2.05, 4.69) is 20.3 Å². The number of halogens is 3. The van der Waals surface area contributed by atoms with Gasteiger partial charge >= 0.3 is 12.2 Å². The molecular formula is C21H19F3N6O2. The van der Waals surface area contributed by atoms with Crippen LogP contribution < -0.4 is 19.9 Å². The van der Waals surface area contributed by atoms with E-state index in [-0.39, 0.29) is 24.1 Å². The molecule has 0 unspecified atom stereocenters. The van der Waals surface area contributed by atoms with Crippen LogP contribution in [0, 0.1) is 6.92 Å². The Balaban J connectivity index is 1.76. The maximum atomic E-state index is 13.5. The zero-order valence-corrected chi connectivity index (χ0v) is 17.2. The van der Waals surface area contributed by atoms with E-state index in [1.165, 1.54) is 29.3 Å². The van der Waals surface area contributed by atoms with Crippen LogP contribution in [0.5, 0.6) is 5.75 Å². The summed E-state index contributed by atoms with van der Waals surface area (Å²) in [6, 6.07) is 10.2. The van der Waals surface area contributed by atoms with E-state index in [1.807, 2.05) is 31.2 Å². The lowest BCUT2D eigenvalue weighted by Gasteiger charge is -2.35. The number of carbonyl (C=O) groups is 1. The number of methoxy groups -OCH3 is 1. The molecule has 0 fully saturated rings. The number of urea groups is 1. The minimum atomic E-state index is -4.44. The van der Waals surface area contributed by atoms with E-state index in [4.69, 9.17) is 4.74 Å². The van der Waals surface area contributed by atoms with Crippen LogP contribution in [-0.2, 0) is 6.54 Å². The van der Waals surface area contributed by atoms with Crippen LogP contribution in [0.3, 0.4) is 0 Å². The number of benzene rings is 1. The monoisotopic (exact) mass is 444 g/mol. The van der Waals surface area contributed by atoms with Crippen molar-refractivity contribution in [2.75, 3.05) is 28.8 Å². The molecule has 3 heterocycles. The highest BCUT2D eigenvalue weighted by Crippen LogP contribution is 2.35. The van der Waals surface area contributed by atoms with E-state index in [9.17, 15) is 18.0 Å². The van der Waals surface area contributed by atoms with Gasteiger partial charge in [0.2, 0.25) is 5.95 Å². The Morgan fingerprint density at radius 1 is 1.09 bits per heavy atom. The third kappa shape index (κ3) is 4.41. The fourth-order valence-electron chi connectivity index (χ4n) is 3.18. The molecule has 0 aliphatic carbocycles. The molecule has 0 atom stereocenters. The second-order valence-electron chi connectivity index (χ2n) is 7.11. The van der Waals surface area contributed by atoms with Crippen molar-refractivity contribution in [3.05, 3.63) is 59.9 Å². The second-order valence-corrected chi connectivity index (χ2v) is 7.11. The molecule has 166 valence electrons. The van der Waals surface area contributed by atoms with Crippen molar-refractivity contribution in [3.8, 4) is 5.75 Å². The molecule has 32 heavy (non-hydrogen) atoms. The summed E-state index contributed by atoms with van der Waals surface area (Å²) in [4.78, 5) is 28.7. The first-order chi connectivity index (χ1) is 15.2. The quantitative estimate of drug-likeness (QED) is 0.627. The van der Waals surface area contributed by atoms with Gasteiger partial charge in [-0.1, -0.05) is 17.7 Å². The molecule has 4 rings (SSSR count). The van der Waals surface area contributed by atoms with Crippen LogP contribution in [0.15, 0.2) is 48.8 Å². The Bertz CT molecular complexity index is 1120. The lowest BCUT2D eigenvalue weighted by atomic mass is 10.1. The van der Waals surface area contributed by atoms with Gasteiger partial charge in [-0.25, -0.2) is 19.7 Å². The van der Waals surface area contributed by atoms with E-state index < -0.39 is 18.8 Å². The van der Waals surface area contributed by atoms with Crippen LogP contribution in [0.4, 0.5) is 41.2 Å². The number of ether oxygens (including phenoxy) is 1. The first-order valence-electron chi connectivity index (χ1n) is 9.60. The third-order valence-corrected chi connectivity index (χ3v) is 4.78. The minimum Gasteiger partial charge on any atom is -0.495 e. The summed E-state index contributed by atoms with van der Waals surface area (Å²) in [6.45, 7) is 0.799. The van der Waals surface area contributed by atoms with Gasteiger partial charge in [-0.15, -0.1) is 0 Å². The number of hydrogen-bond donors (Lipinski definition) is 1. The molecule has 0 bridgehead atoms. The zero-order chi connectivity index (χ0) is 22.9. The summed E-state index contributed by atoms with van der Waals surface area (Å²) in [5.41, 5.74) is 2.25. The third-order valence-electron chi connectivity index (χ3n) is 4.78. The number of hydrogen-bond acceptors (Lipinski definition) is 6. The summed E-state index contributed by atoms with van der Waals surface area (Å²) >= 11 is 0. The van der Waals surface area contributed by atoms with Crippen molar-refractivity contribution in [3.63, 3.8) is 0 Å². The molecule has 2 aromatic heterocycles. The van der Waals surface area contributed by atoms with Crippen LogP contribution in [0.1, 0.15) is 11.1 Å². The number of fused-ring (bicyclic) bond motifs is 1. The molecule has 0 saturated carbocycles. The second kappa shape index (κ2) is 8.33. The summed E-state index contributed by atoms with van der Waals surface area (Å²) in [5, 5.41) is 2.15. The van der Waals surface area contributed by atoms with Crippen molar-refractivity contribution in [1.82, 2.24) is 15.0 Å². The van der Waals surface area contributed by atoms with Crippen molar-refractivity contribution in [2.45, 2.75) is 19.6 Å². The molecule has 1 aliphatic rings. The van der Waals surface area contributed by atoms with Crippen LogP contribution in [0.2, 0.25) is 0 Å². The molecule has 1 aromatic carbocycles. The lowest BCUT2D eigenvalue weighted by Crippen LogP contribution is -2.46. The molecule has 1 aliphatic heterocycles. The van der Waals surface area contributed by atoms with Gasteiger partial charge in [0.25, 0.3) is 0 Å². The van der Waals surface area contributed by atoms with Gasteiger partial charge in [-0.2, -0.15) is 18.2 Å². The molecule has 1 N–H and O–H groups in total. The normalized spacial score (nSPS) is 13.7. The molecule has 11 heteroatoms. The SMILES string of the molecule is COc1ccc(N2C(=O)N(c3ccc(C)cc3)Cc3cnc(NCC(F)(F)F)nc32)nc1. The van der Waals surface area contributed by atoms with Gasteiger partial charge < -0.3 is 10.1 Å². The van der Waals surface area contributed by atoms with Crippen LogP contribution >= 0.6 is 0 Å². The maximum absolute atomic E-state index is 13.5. The van der Waals surface area contributed by atoms with Gasteiger partial charge in [-0.05, 0) is 31.2 Å². The largest absolute Gasteiger partial charge is 0.495 e. The number of nitrogens with zero attached hydrogens (tertiary/aromatic N) is 5. The van der Waals surface area contributed by atoms with E-state index in [0.717, 1.165) is 5.56 Å². The average Bonchev–Trinajstić information content (AvgIpc) is 2.77. The van der Waals surface area contributed by atoms with Gasteiger partial charge in [0.05, 0.1) is 19.9 Å². The van der Waals surface area contributed by atoms with Crippen molar-refractivity contribution in [2.24, 2.45) is 0 Å². The van der Waals surface area contributed by atoms with Gasteiger partial charge in [-0.3, -0.25) is 4.90 Å². The topological polar surface area (TPSA) is 83.5 Å². The first-order valence-corrected chi connectivity index (χ1v) is 9.60. The summed E-state index contributed by atoms with van der Waals surface area (Å²) < 4.78 is 43.0. The van der Waals surface area contributed by atoms with Crippen LogP contribution in [-0.4, -0.2) is 40.8 Å². The lowest BCUT2D eigenvalue weighted by molar-refractivity contribution is -0.115. The van der Waals surface area contributed by atoms with E-state index >= 15 is 0 Å². The summed E-state index contributed by atoms with van der Waals surface area (Å²) in [6.07, 6.45) is -1.59. The number of anilines is 4. The smallest absolute Gasteiger partial charge is 0.405 e. The predicted octanol–water partition coefficient (Wildman–Crippen LogP) is 4.44. The zero-order valence-electron chi connectivity index (χ0n) is 17.2. The molecule has 8 nitrogen and oxygen atoms in total. The van der Waals surface area contributed by atoms with Crippen molar-refractivity contribution < 1.29 is 22.7 Å². The molecule has 0 radical (unpaired) electrons. The first kappa shape index (κ1) is 21.3. The Hall–Kier alpha value is -3.89. The molecular weight excluding hydrogens is 425 g/mol. The van der Waals surface area contributed by atoms with Gasteiger partial charge in [0, 0.05) is 17.4 Å². The number of nitrogens with one attached hydrogen (secondary N) is 1. The highest BCUT2D eigenvalue weighted by atomic mass is 19.4. The van der Waals surface area contributed by atoms with E-state index in [0.29, 0.717) is 17.0 Å². The predicted molar refractivity (Wildman–Crippen MR) is 112 cm³/mol. The van der Waals surface area contributed by atoms with Crippen LogP contribution in [0.25, 0.3) is 0 Å². The van der Waals surface area contributed by atoms with Gasteiger partial charge in [0.15, 0.2) is 5.82 Å². The Labute approximate surface area is 181 Å². The number of rotatable bonds is 5. The molecule has 3 aromatic rings. The van der Waals surface area contributed by atoms with Gasteiger partial charge in [0.1, 0.15) is 18.1 Å². The molecule has 2 amide bonds. The number of aryl methyl sites for hydroxylation is 1. The molecule has 0 saturated heterocycles. The van der Waals surface area contributed by atoms with Crippen molar-refractivity contribution in [1.29, 1.82) is 0 Å². The molecule has 0 spiro atoms. The fourth-order valence-corrected chi connectivity index (χ4v) is 3.18. The number of alkyl halides is 3. The highest BCUT2D eigenvalue weighted by molar-refractivity contribution is 6.09. The number of amides is 2. The number of carbonyl (C=O) groups excluding carboxylic acids is 1. The highest BCUT2D eigenvalue weighted by Gasteiger charge is 2.35. The Morgan fingerprint density at radius 2 is 1.84 bits per heavy atom. The standard InChI is InChI=1S/C21H19F3N6O2/c1-13-3-5-15(6-4-13)29-11-14-9-26-19(27-12-21(22,23)24)28-18(14)30(20(29)31)17-8-7-16(32-2)10-25-17/h3-10H,11-12H2,1-2H3,(H,26,27,28). The maximum Gasteiger partial charge on any atom is 0.405 e. The Morgan fingerprint density at radius 3 is 2.47 bits per heavy atom. The van der Waals surface area contributed by atoms with E-state index in [1.54, 1.807) is 12.1 Å². The minimum absolute atomic E-state index is 0.156. The number of pyridine rings is 1. The summed E-state index contributed by atoms with van der Waals surface area (Å²) in [5.74, 6) is 0.658. The summed E-state index contributed by atoms with van der Waals surface area (Å²) in [7, 11) is 1.49. The van der Waals surface area contributed by atoms with Crippen molar-refractivity contribution >= 4 is 29.3 Å². The fraction of sp³-hybridized carbons (Fsp3) is 0.238. The average molecular weight is 444 g/mol. The Kier molecular flexibility index (Phi) is 5.56.